The van der Waals surface area contributed by atoms with Crippen LogP contribution in [0.3, 0.4) is 0 Å². The Kier molecular flexibility index (Phi) is 5.43. The molecule has 1 aromatic heterocycles. The Morgan fingerprint density at radius 2 is 2.25 bits per heavy atom. The predicted octanol–water partition coefficient (Wildman–Crippen LogP) is 1.89. The summed E-state index contributed by atoms with van der Waals surface area (Å²) < 4.78 is 7.54. The van der Waals surface area contributed by atoms with Gasteiger partial charge >= 0.3 is 6.03 Å². The van der Waals surface area contributed by atoms with Gasteiger partial charge in [-0.1, -0.05) is 30.3 Å². The fraction of sp³-hybridized carbons (Fsp3) is 0.471. The summed E-state index contributed by atoms with van der Waals surface area (Å²) in [4.78, 5) is 16.1. The van der Waals surface area contributed by atoms with E-state index in [4.69, 9.17) is 4.74 Å². The summed E-state index contributed by atoms with van der Waals surface area (Å²) in [7, 11) is 0. The van der Waals surface area contributed by atoms with Crippen molar-refractivity contribution in [1.82, 2.24) is 25.4 Å². The molecule has 0 saturated carbocycles. The summed E-state index contributed by atoms with van der Waals surface area (Å²) in [6.45, 7) is 3.19. The van der Waals surface area contributed by atoms with Crippen LogP contribution in [0.15, 0.2) is 43.0 Å². The third-order valence-electron chi connectivity index (χ3n) is 4.10. The van der Waals surface area contributed by atoms with E-state index in [2.05, 4.69) is 32.8 Å². The van der Waals surface area contributed by atoms with Crippen LogP contribution in [0.25, 0.3) is 0 Å². The number of nitrogens with one attached hydrogen (secondary N) is 2. The van der Waals surface area contributed by atoms with Crippen molar-refractivity contribution in [2.24, 2.45) is 0 Å². The standard InChI is InChI=1S/C17H23N5O2/c1-13(10-22-12-18-11-19-22)20-17(23)21-15-7-8-24-16(9-15)14-5-3-2-4-6-14/h2-6,11-13,15-16H,7-10H2,1H3,(H2,20,21,23)/t13-,15+,16-/m1/s1. The van der Waals surface area contributed by atoms with Gasteiger partial charge in [0.2, 0.25) is 0 Å². The van der Waals surface area contributed by atoms with E-state index < -0.39 is 0 Å². The summed E-state index contributed by atoms with van der Waals surface area (Å²) in [5.74, 6) is 0. The maximum atomic E-state index is 12.2. The molecule has 1 aliphatic heterocycles. The summed E-state index contributed by atoms with van der Waals surface area (Å²) in [6.07, 6.45) is 4.78. The molecule has 3 rings (SSSR count). The molecule has 2 heterocycles. The molecule has 0 aliphatic carbocycles. The van der Waals surface area contributed by atoms with Crippen LogP contribution in [-0.2, 0) is 11.3 Å². The number of hydrogen-bond donors (Lipinski definition) is 2. The van der Waals surface area contributed by atoms with Crippen LogP contribution in [-0.4, -0.2) is 39.5 Å². The minimum Gasteiger partial charge on any atom is -0.373 e. The van der Waals surface area contributed by atoms with Gasteiger partial charge in [-0.15, -0.1) is 0 Å². The zero-order chi connectivity index (χ0) is 16.8. The second kappa shape index (κ2) is 7.92. The molecular formula is C17H23N5O2. The lowest BCUT2D eigenvalue weighted by Crippen LogP contribution is -2.48. The molecule has 1 saturated heterocycles. The van der Waals surface area contributed by atoms with Crippen molar-refractivity contribution >= 4 is 6.03 Å². The summed E-state index contributed by atoms with van der Waals surface area (Å²) in [6, 6.07) is 10.1. The van der Waals surface area contributed by atoms with Crippen LogP contribution < -0.4 is 10.6 Å². The van der Waals surface area contributed by atoms with Crippen LogP contribution in [0.1, 0.15) is 31.4 Å². The quantitative estimate of drug-likeness (QED) is 0.878. The van der Waals surface area contributed by atoms with Crippen molar-refractivity contribution in [2.75, 3.05) is 6.61 Å². The number of benzene rings is 1. The maximum absolute atomic E-state index is 12.2. The number of aromatic nitrogens is 3. The number of carbonyl (C=O) groups is 1. The molecule has 3 atom stereocenters. The van der Waals surface area contributed by atoms with E-state index in [1.807, 2.05) is 25.1 Å². The molecular weight excluding hydrogens is 306 g/mol. The van der Waals surface area contributed by atoms with Gasteiger partial charge in [-0.25, -0.2) is 9.78 Å². The minimum absolute atomic E-state index is 0.0311. The molecule has 7 heteroatoms. The molecule has 1 aliphatic rings. The van der Waals surface area contributed by atoms with Gasteiger partial charge in [-0.2, -0.15) is 5.10 Å². The molecule has 0 radical (unpaired) electrons. The van der Waals surface area contributed by atoms with Crippen LogP contribution in [0.4, 0.5) is 4.79 Å². The van der Waals surface area contributed by atoms with Crippen LogP contribution >= 0.6 is 0 Å². The zero-order valence-corrected chi connectivity index (χ0v) is 13.8. The molecule has 2 N–H and O–H groups in total. The van der Waals surface area contributed by atoms with Gasteiger partial charge in [0.25, 0.3) is 0 Å². The van der Waals surface area contributed by atoms with Crippen molar-refractivity contribution in [3.63, 3.8) is 0 Å². The Morgan fingerprint density at radius 3 is 3.00 bits per heavy atom. The summed E-state index contributed by atoms with van der Waals surface area (Å²) in [5, 5.41) is 10.0. The molecule has 128 valence electrons. The van der Waals surface area contributed by atoms with Gasteiger partial charge in [0.1, 0.15) is 12.7 Å². The Morgan fingerprint density at radius 1 is 1.42 bits per heavy atom. The van der Waals surface area contributed by atoms with Crippen molar-refractivity contribution in [3.05, 3.63) is 48.5 Å². The van der Waals surface area contributed by atoms with E-state index in [1.54, 1.807) is 11.0 Å². The van der Waals surface area contributed by atoms with Gasteiger partial charge in [0, 0.05) is 18.7 Å². The van der Waals surface area contributed by atoms with Crippen molar-refractivity contribution in [2.45, 2.75) is 44.5 Å². The van der Waals surface area contributed by atoms with Gasteiger partial charge in [0.05, 0.1) is 12.6 Å². The van der Waals surface area contributed by atoms with E-state index in [0.717, 1.165) is 18.4 Å². The molecule has 24 heavy (non-hydrogen) atoms. The van der Waals surface area contributed by atoms with Crippen molar-refractivity contribution in [3.8, 4) is 0 Å². The van der Waals surface area contributed by atoms with Crippen LogP contribution in [0.5, 0.6) is 0 Å². The minimum atomic E-state index is -0.152. The number of hydrogen-bond acceptors (Lipinski definition) is 4. The molecule has 0 spiro atoms. The molecule has 0 unspecified atom stereocenters. The molecule has 0 bridgehead atoms. The average Bonchev–Trinajstić information content (AvgIpc) is 3.08. The fourth-order valence-corrected chi connectivity index (χ4v) is 2.93. The van der Waals surface area contributed by atoms with Gasteiger partial charge in [0.15, 0.2) is 0 Å². The molecule has 2 amide bonds. The second-order valence-corrected chi connectivity index (χ2v) is 6.13. The number of rotatable bonds is 5. The lowest BCUT2D eigenvalue weighted by Gasteiger charge is -2.30. The molecule has 1 aromatic carbocycles. The number of amides is 2. The maximum Gasteiger partial charge on any atom is 0.315 e. The van der Waals surface area contributed by atoms with E-state index in [9.17, 15) is 4.79 Å². The Bertz CT molecular complexity index is 632. The van der Waals surface area contributed by atoms with E-state index >= 15 is 0 Å². The van der Waals surface area contributed by atoms with E-state index in [0.29, 0.717) is 13.2 Å². The van der Waals surface area contributed by atoms with Crippen LogP contribution in [0.2, 0.25) is 0 Å². The fourth-order valence-electron chi connectivity index (χ4n) is 2.93. The van der Waals surface area contributed by atoms with Crippen LogP contribution in [0, 0.1) is 0 Å². The second-order valence-electron chi connectivity index (χ2n) is 6.13. The van der Waals surface area contributed by atoms with Gasteiger partial charge in [-0.3, -0.25) is 4.68 Å². The first kappa shape index (κ1) is 16.4. The summed E-state index contributed by atoms with van der Waals surface area (Å²) in [5.41, 5.74) is 1.16. The Balaban J connectivity index is 1.47. The highest BCUT2D eigenvalue weighted by Crippen LogP contribution is 2.27. The van der Waals surface area contributed by atoms with E-state index in [1.165, 1.54) is 6.33 Å². The number of ether oxygens (including phenoxy) is 1. The number of nitrogens with zero attached hydrogens (tertiary/aromatic N) is 3. The number of carbonyl (C=O) groups excluding carboxylic acids is 1. The SMILES string of the molecule is C[C@H](Cn1cncn1)NC(=O)N[C@H]1CCO[C@@H](c2ccccc2)C1. The third kappa shape index (κ3) is 4.55. The van der Waals surface area contributed by atoms with E-state index in [-0.39, 0.29) is 24.2 Å². The largest absolute Gasteiger partial charge is 0.373 e. The lowest BCUT2D eigenvalue weighted by atomic mass is 9.97. The van der Waals surface area contributed by atoms with Crippen molar-refractivity contribution < 1.29 is 9.53 Å². The number of urea groups is 1. The molecule has 1 fully saturated rings. The first-order valence-corrected chi connectivity index (χ1v) is 8.26. The topological polar surface area (TPSA) is 81.1 Å². The highest BCUT2D eigenvalue weighted by molar-refractivity contribution is 5.74. The first-order chi connectivity index (χ1) is 11.7. The smallest absolute Gasteiger partial charge is 0.315 e. The molecule has 2 aromatic rings. The highest BCUT2D eigenvalue weighted by atomic mass is 16.5. The summed E-state index contributed by atoms with van der Waals surface area (Å²) >= 11 is 0. The highest BCUT2D eigenvalue weighted by Gasteiger charge is 2.25. The normalized spacial score (nSPS) is 21.9. The average molecular weight is 329 g/mol. The Labute approximate surface area is 141 Å². The van der Waals surface area contributed by atoms with Gasteiger partial charge < -0.3 is 15.4 Å². The lowest BCUT2D eigenvalue weighted by molar-refractivity contribution is 0.00221. The predicted molar refractivity (Wildman–Crippen MR) is 89.3 cm³/mol. The third-order valence-corrected chi connectivity index (χ3v) is 4.10. The first-order valence-electron chi connectivity index (χ1n) is 8.26. The monoisotopic (exact) mass is 329 g/mol. The molecule has 7 nitrogen and oxygen atoms in total. The van der Waals surface area contributed by atoms with Crippen molar-refractivity contribution in [1.29, 1.82) is 0 Å². The zero-order valence-electron chi connectivity index (χ0n) is 13.8. The van der Waals surface area contributed by atoms with Gasteiger partial charge in [-0.05, 0) is 25.3 Å². The Hall–Kier alpha value is -2.41.